The lowest BCUT2D eigenvalue weighted by molar-refractivity contribution is -0.113. The first-order valence-electron chi connectivity index (χ1n) is 10.5. The summed E-state index contributed by atoms with van der Waals surface area (Å²) in [4.78, 5) is 25.1. The van der Waals surface area contributed by atoms with Gasteiger partial charge in [-0.1, -0.05) is 48.2 Å². The maximum absolute atomic E-state index is 12.6. The summed E-state index contributed by atoms with van der Waals surface area (Å²) >= 11 is 1.11. The fourth-order valence-corrected chi connectivity index (χ4v) is 3.72. The molecule has 0 aliphatic carbocycles. The quantitative estimate of drug-likeness (QED) is 0.323. The van der Waals surface area contributed by atoms with Crippen LogP contribution in [0.1, 0.15) is 10.4 Å². The van der Waals surface area contributed by atoms with E-state index in [1.165, 1.54) is 14.2 Å². The average molecular weight is 491 g/mol. The largest absolute Gasteiger partial charge is 0.494 e. The van der Waals surface area contributed by atoms with E-state index < -0.39 is 0 Å². The molecule has 0 radical (unpaired) electrons. The summed E-state index contributed by atoms with van der Waals surface area (Å²) < 4.78 is 16.5. The standard InChI is InChI=1S/C25H22N4O5S/c1-32-20-14-19(27-23(31)16-9-5-3-6-10-16)21(33-2)13-18(20)26-22(30)15-35-25-29-28-24(34-25)17-11-7-4-8-12-17/h3-14H,15H2,1-2H3,(H,26,30)(H,27,31). The highest BCUT2D eigenvalue weighted by Crippen LogP contribution is 2.37. The summed E-state index contributed by atoms with van der Waals surface area (Å²) in [7, 11) is 2.94. The fourth-order valence-electron chi connectivity index (χ4n) is 3.16. The first kappa shape index (κ1) is 23.8. The van der Waals surface area contributed by atoms with Gasteiger partial charge in [0.05, 0.1) is 31.3 Å². The second kappa shape index (κ2) is 11.2. The minimum absolute atomic E-state index is 0.0361. The van der Waals surface area contributed by atoms with Crippen LogP contribution < -0.4 is 20.1 Å². The van der Waals surface area contributed by atoms with E-state index in [0.717, 1.165) is 17.3 Å². The first-order valence-corrected chi connectivity index (χ1v) is 11.5. The molecule has 4 rings (SSSR count). The molecule has 0 aliphatic heterocycles. The molecule has 4 aromatic rings. The molecule has 0 saturated carbocycles. The smallest absolute Gasteiger partial charge is 0.277 e. The Morgan fingerprint density at radius 1 is 0.857 bits per heavy atom. The van der Waals surface area contributed by atoms with Crippen LogP contribution >= 0.6 is 11.8 Å². The molecular formula is C25H22N4O5S. The molecule has 0 atom stereocenters. The maximum Gasteiger partial charge on any atom is 0.277 e. The van der Waals surface area contributed by atoms with E-state index in [2.05, 4.69) is 20.8 Å². The van der Waals surface area contributed by atoms with E-state index in [1.807, 2.05) is 36.4 Å². The second-order valence-electron chi connectivity index (χ2n) is 7.15. The number of anilines is 2. The normalized spacial score (nSPS) is 10.5. The van der Waals surface area contributed by atoms with Crippen molar-refractivity contribution in [3.05, 3.63) is 78.4 Å². The van der Waals surface area contributed by atoms with Crippen molar-refractivity contribution in [2.75, 3.05) is 30.6 Å². The predicted molar refractivity (Wildman–Crippen MR) is 133 cm³/mol. The third kappa shape index (κ3) is 5.98. The number of rotatable bonds is 9. The molecule has 2 amide bonds. The summed E-state index contributed by atoms with van der Waals surface area (Å²) in [6, 6.07) is 21.3. The number of methoxy groups -OCH3 is 2. The maximum atomic E-state index is 12.6. The number of ether oxygens (including phenoxy) is 2. The summed E-state index contributed by atoms with van der Waals surface area (Å²) in [5, 5.41) is 13.9. The van der Waals surface area contributed by atoms with Crippen LogP contribution in [-0.2, 0) is 4.79 Å². The lowest BCUT2D eigenvalue weighted by atomic mass is 10.2. The molecule has 0 aliphatic rings. The topological polar surface area (TPSA) is 116 Å². The zero-order valence-electron chi connectivity index (χ0n) is 19.0. The highest BCUT2D eigenvalue weighted by atomic mass is 32.2. The summed E-state index contributed by atoms with van der Waals surface area (Å²) in [6.45, 7) is 0. The van der Waals surface area contributed by atoms with Gasteiger partial charge in [0.15, 0.2) is 0 Å². The van der Waals surface area contributed by atoms with Crippen molar-refractivity contribution in [3.63, 3.8) is 0 Å². The summed E-state index contributed by atoms with van der Waals surface area (Å²) in [6.07, 6.45) is 0. The fraction of sp³-hybridized carbons (Fsp3) is 0.120. The van der Waals surface area contributed by atoms with Crippen molar-refractivity contribution in [3.8, 4) is 23.0 Å². The minimum atomic E-state index is -0.309. The van der Waals surface area contributed by atoms with Gasteiger partial charge in [-0.05, 0) is 24.3 Å². The zero-order chi connectivity index (χ0) is 24.6. The van der Waals surface area contributed by atoms with Crippen molar-refractivity contribution < 1.29 is 23.5 Å². The molecule has 1 heterocycles. The Bertz CT molecular complexity index is 1310. The van der Waals surface area contributed by atoms with Crippen molar-refractivity contribution in [1.82, 2.24) is 10.2 Å². The van der Waals surface area contributed by atoms with Crippen LogP contribution in [0.3, 0.4) is 0 Å². The van der Waals surface area contributed by atoms with Gasteiger partial charge >= 0.3 is 0 Å². The molecular weight excluding hydrogens is 468 g/mol. The van der Waals surface area contributed by atoms with Gasteiger partial charge < -0.3 is 24.5 Å². The van der Waals surface area contributed by atoms with E-state index >= 15 is 0 Å². The number of hydrogen-bond acceptors (Lipinski definition) is 8. The van der Waals surface area contributed by atoms with Crippen LogP contribution in [0.25, 0.3) is 11.5 Å². The first-order chi connectivity index (χ1) is 17.1. The van der Waals surface area contributed by atoms with Crippen LogP contribution in [0.4, 0.5) is 11.4 Å². The summed E-state index contributed by atoms with van der Waals surface area (Å²) in [5.74, 6) is 0.533. The Labute approximate surface area is 205 Å². The molecule has 178 valence electrons. The molecule has 0 bridgehead atoms. The molecule has 0 fully saturated rings. The van der Waals surface area contributed by atoms with Gasteiger partial charge in [-0.25, -0.2) is 0 Å². The lowest BCUT2D eigenvalue weighted by Crippen LogP contribution is -2.16. The second-order valence-corrected chi connectivity index (χ2v) is 8.08. The van der Waals surface area contributed by atoms with Crippen LogP contribution in [-0.4, -0.2) is 42.0 Å². The predicted octanol–water partition coefficient (Wildman–Crippen LogP) is 4.74. The van der Waals surface area contributed by atoms with E-state index in [4.69, 9.17) is 13.9 Å². The number of aromatic nitrogens is 2. The number of hydrogen-bond donors (Lipinski definition) is 2. The number of carbonyl (C=O) groups excluding carboxylic acids is 2. The highest BCUT2D eigenvalue weighted by Gasteiger charge is 2.17. The van der Waals surface area contributed by atoms with Gasteiger partial charge in [0.25, 0.3) is 11.1 Å². The molecule has 35 heavy (non-hydrogen) atoms. The molecule has 3 aromatic carbocycles. The minimum Gasteiger partial charge on any atom is -0.494 e. The number of thioether (sulfide) groups is 1. The monoisotopic (exact) mass is 490 g/mol. The Morgan fingerprint density at radius 3 is 2.09 bits per heavy atom. The Hall–Kier alpha value is -4.31. The van der Waals surface area contributed by atoms with Gasteiger partial charge in [-0.15, -0.1) is 10.2 Å². The Morgan fingerprint density at radius 2 is 1.46 bits per heavy atom. The molecule has 1 aromatic heterocycles. The number of nitrogens with one attached hydrogen (secondary N) is 2. The van der Waals surface area contributed by atoms with Crippen LogP contribution in [0.15, 0.2) is 82.4 Å². The van der Waals surface area contributed by atoms with Gasteiger partial charge in [-0.2, -0.15) is 0 Å². The zero-order valence-corrected chi connectivity index (χ0v) is 19.8. The van der Waals surface area contributed by atoms with Crippen molar-refractivity contribution in [2.45, 2.75) is 5.22 Å². The van der Waals surface area contributed by atoms with Gasteiger partial charge in [0, 0.05) is 23.3 Å². The van der Waals surface area contributed by atoms with E-state index in [9.17, 15) is 9.59 Å². The van der Waals surface area contributed by atoms with Gasteiger partial charge in [0.1, 0.15) is 11.5 Å². The SMILES string of the molecule is COc1cc(NC(=O)c2ccccc2)c(OC)cc1NC(=O)CSc1nnc(-c2ccccc2)o1. The lowest BCUT2D eigenvalue weighted by Gasteiger charge is -2.16. The van der Waals surface area contributed by atoms with E-state index in [1.54, 1.807) is 36.4 Å². The van der Waals surface area contributed by atoms with E-state index in [-0.39, 0.29) is 22.8 Å². The third-order valence-electron chi connectivity index (χ3n) is 4.83. The Balaban J connectivity index is 1.42. The molecule has 0 spiro atoms. The van der Waals surface area contributed by atoms with Crippen molar-refractivity contribution >= 4 is 35.0 Å². The third-order valence-corrected chi connectivity index (χ3v) is 5.65. The van der Waals surface area contributed by atoms with Crippen LogP contribution in [0, 0.1) is 0 Å². The van der Waals surface area contributed by atoms with Crippen molar-refractivity contribution in [1.29, 1.82) is 0 Å². The molecule has 10 heteroatoms. The number of carbonyl (C=O) groups is 2. The van der Waals surface area contributed by atoms with Crippen molar-refractivity contribution in [2.24, 2.45) is 0 Å². The molecule has 9 nitrogen and oxygen atoms in total. The van der Waals surface area contributed by atoms with Gasteiger partial charge in [0.2, 0.25) is 11.8 Å². The van der Waals surface area contributed by atoms with Crippen LogP contribution in [0.5, 0.6) is 11.5 Å². The molecule has 2 N–H and O–H groups in total. The number of benzene rings is 3. The molecule has 0 unspecified atom stereocenters. The summed E-state index contributed by atoms with van der Waals surface area (Å²) in [5.41, 5.74) is 2.10. The number of amides is 2. The van der Waals surface area contributed by atoms with E-state index in [0.29, 0.717) is 34.3 Å². The van der Waals surface area contributed by atoms with Crippen LogP contribution in [0.2, 0.25) is 0 Å². The molecule has 0 saturated heterocycles. The van der Waals surface area contributed by atoms with Gasteiger partial charge in [-0.3, -0.25) is 9.59 Å². The number of nitrogens with zero attached hydrogens (tertiary/aromatic N) is 2. The average Bonchev–Trinajstić information content (AvgIpc) is 3.38. The highest BCUT2D eigenvalue weighted by molar-refractivity contribution is 7.99. The Kier molecular flexibility index (Phi) is 7.63.